The van der Waals surface area contributed by atoms with Gasteiger partial charge in [-0.1, -0.05) is 321 Å². The van der Waals surface area contributed by atoms with E-state index in [4.69, 9.17) is 9.47 Å². The molecular weight excluding hydrogens is 991 g/mol. The summed E-state index contributed by atoms with van der Waals surface area (Å²) >= 11 is 0. The third-order valence-corrected chi connectivity index (χ3v) is 17.1. The van der Waals surface area contributed by atoms with Crippen LogP contribution in [0.25, 0.3) is 0 Å². The maximum atomic E-state index is 13.2. The number of aliphatic hydroxyl groups is 7. The van der Waals surface area contributed by atoms with Crippen LogP contribution in [0.5, 0.6) is 0 Å². The zero-order chi connectivity index (χ0) is 57.5. The van der Waals surface area contributed by atoms with E-state index in [0.717, 1.165) is 32.1 Å². The van der Waals surface area contributed by atoms with Crippen molar-refractivity contribution in [2.75, 3.05) is 13.2 Å². The lowest BCUT2D eigenvalue weighted by atomic mass is 9.98. The number of aliphatic hydroxyl groups excluding tert-OH is 7. The van der Waals surface area contributed by atoms with Crippen LogP contribution in [-0.4, -0.2) is 110 Å². The molecule has 0 radical (unpaired) electrons. The van der Waals surface area contributed by atoms with Crippen molar-refractivity contribution < 1.29 is 50.0 Å². The van der Waals surface area contributed by atoms with Crippen molar-refractivity contribution >= 4 is 5.91 Å². The summed E-state index contributed by atoms with van der Waals surface area (Å²) in [5.41, 5.74) is 0. The molecule has 0 aromatic heterocycles. The highest BCUT2D eigenvalue weighted by Crippen LogP contribution is 2.24. The molecule has 8 N–H and O–H groups in total. The molecule has 0 aliphatic carbocycles. The van der Waals surface area contributed by atoms with E-state index in [0.29, 0.717) is 12.8 Å². The maximum absolute atomic E-state index is 13.2. The van der Waals surface area contributed by atoms with Gasteiger partial charge in [0, 0.05) is 0 Å². The van der Waals surface area contributed by atoms with Crippen molar-refractivity contribution in [3.8, 4) is 0 Å². The number of carbonyl (C=O) groups excluding carboxylic acids is 1. The van der Waals surface area contributed by atoms with Gasteiger partial charge < -0.3 is 50.5 Å². The molecule has 0 aromatic carbocycles. The summed E-state index contributed by atoms with van der Waals surface area (Å²) in [5, 5.41) is 76.4. The van der Waals surface area contributed by atoms with Crippen LogP contribution in [0.15, 0.2) is 12.2 Å². The average Bonchev–Trinajstić information content (AvgIpc) is 3.46. The number of hydrogen-bond acceptors (Lipinski definition) is 10. The van der Waals surface area contributed by atoms with Crippen LogP contribution in [0.3, 0.4) is 0 Å². The van der Waals surface area contributed by atoms with E-state index in [2.05, 4.69) is 31.3 Å². The molecule has 9 unspecified atom stereocenters. The second-order valence-corrected chi connectivity index (χ2v) is 24.6. The van der Waals surface area contributed by atoms with Crippen LogP contribution < -0.4 is 5.32 Å². The number of amides is 1. The highest BCUT2D eigenvalue weighted by Gasteiger charge is 2.44. The first-order chi connectivity index (χ1) is 38.7. The summed E-state index contributed by atoms with van der Waals surface area (Å²) in [5.74, 6) is -0.698. The Bertz CT molecular complexity index is 1290. The fourth-order valence-electron chi connectivity index (χ4n) is 11.5. The summed E-state index contributed by atoms with van der Waals surface area (Å²) in [4.78, 5) is 13.2. The van der Waals surface area contributed by atoms with Crippen LogP contribution >= 0.6 is 0 Å². The van der Waals surface area contributed by atoms with Gasteiger partial charge in [0.1, 0.15) is 36.6 Å². The Morgan fingerprint density at radius 1 is 0.430 bits per heavy atom. The van der Waals surface area contributed by atoms with E-state index in [1.54, 1.807) is 0 Å². The van der Waals surface area contributed by atoms with Crippen LogP contribution in [-0.2, 0) is 14.3 Å². The van der Waals surface area contributed by atoms with E-state index in [9.17, 15) is 40.5 Å². The van der Waals surface area contributed by atoms with Gasteiger partial charge in [0.25, 0.3) is 0 Å². The normalized spacial score (nSPS) is 19.3. The number of unbranched alkanes of at least 4 members (excludes halogenated alkanes) is 47. The van der Waals surface area contributed by atoms with Crippen LogP contribution in [0.4, 0.5) is 0 Å². The molecule has 0 bridgehead atoms. The fraction of sp³-hybridized carbons (Fsp3) is 0.956. The molecule has 1 heterocycles. The number of rotatable bonds is 61. The number of nitrogens with one attached hydrogen (secondary N) is 1. The molecule has 11 heteroatoms. The molecule has 470 valence electrons. The second kappa shape index (κ2) is 57.3. The average molecular weight is 1120 g/mol. The van der Waals surface area contributed by atoms with Crippen molar-refractivity contribution in [2.24, 2.45) is 0 Å². The van der Waals surface area contributed by atoms with E-state index < -0.39 is 74.2 Å². The molecule has 0 saturated carbocycles. The lowest BCUT2D eigenvalue weighted by Crippen LogP contribution is -2.60. The highest BCUT2D eigenvalue weighted by atomic mass is 16.7. The topological polar surface area (TPSA) is 189 Å². The van der Waals surface area contributed by atoms with Gasteiger partial charge in [-0.3, -0.25) is 4.79 Å². The zero-order valence-electron chi connectivity index (χ0n) is 51.9. The summed E-state index contributed by atoms with van der Waals surface area (Å²) in [6, 6.07) is -1.18. The first kappa shape index (κ1) is 75.9. The molecule has 1 aliphatic rings. The molecule has 79 heavy (non-hydrogen) atoms. The Morgan fingerprint density at radius 3 is 1.09 bits per heavy atom. The first-order valence-electron chi connectivity index (χ1n) is 34.6. The van der Waals surface area contributed by atoms with Crippen molar-refractivity contribution in [3.63, 3.8) is 0 Å². The van der Waals surface area contributed by atoms with Crippen LogP contribution in [0.2, 0.25) is 0 Å². The van der Waals surface area contributed by atoms with Crippen molar-refractivity contribution in [2.45, 2.75) is 403 Å². The van der Waals surface area contributed by atoms with Gasteiger partial charge in [0.05, 0.1) is 25.4 Å². The van der Waals surface area contributed by atoms with Crippen LogP contribution in [0, 0.1) is 0 Å². The minimum atomic E-state index is -1.67. The Hall–Kier alpha value is -1.15. The van der Waals surface area contributed by atoms with Gasteiger partial charge in [-0.05, 0) is 38.5 Å². The molecule has 9 atom stereocenters. The lowest BCUT2D eigenvalue weighted by Gasteiger charge is -2.40. The molecule has 11 nitrogen and oxygen atoms in total. The Morgan fingerprint density at radius 2 is 0.747 bits per heavy atom. The molecule has 1 saturated heterocycles. The molecule has 1 rings (SSSR count). The molecule has 0 aromatic rings. The van der Waals surface area contributed by atoms with Crippen molar-refractivity contribution in [1.82, 2.24) is 5.32 Å². The van der Waals surface area contributed by atoms with E-state index in [1.165, 1.54) is 276 Å². The standard InChI is InChI=1S/C68H133NO10/c1-3-5-7-9-11-13-15-17-19-21-23-25-27-28-29-30-31-32-34-35-37-39-41-43-45-47-49-51-53-55-60(71)63(73)59(58-78-68-66(76)65(75)64(74)62(57-70)79-68)69-67(77)61(72)56-54-52-50-48-46-44-42-40-38-36-33-26-24-22-20-18-16-14-12-10-8-6-4-2/h47,49,59-66,68,70-76H,3-46,48,50-58H2,1-2H3,(H,69,77)/b49-47+. The third-order valence-electron chi connectivity index (χ3n) is 17.1. The summed E-state index contributed by atoms with van der Waals surface area (Å²) in [7, 11) is 0. The number of hydrogen-bond donors (Lipinski definition) is 8. The Balaban J connectivity index is 2.22. The van der Waals surface area contributed by atoms with Gasteiger partial charge in [-0.2, -0.15) is 0 Å². The Kier molecular flexibility index (Phi) is 55.0. The molecule has 0 spiro atoms. The van der Waals surface area contributed by atoms with Crippen molar-refractivity contribution in [3.05, 3.63) is 12.2 Å². The van der Waals surface area contributed by atoms with Gasteiger partial charge in [-0.25, -0.2) is 0 Å². The first-order valence-corrected chi connectivity index (χ1v) is 34.6. The lowest BCUT2D eigenvalue weighted by molar-refractivity contribution is -0.303. The molecule has 1 amide bonds. The summed E-state index contributed by atoms with van der Waals surface area (Å²) in [6.07, 6.45) is 58.7. The number of carbonyl (C=O) groups is 1. The zero-order valence-corrected chi connectivity index (χ0v) is 51.9. The molecular formula is C68H133NO10. The molecule has 1 aliphatic heterocycles. The monoisotopic (exact) mass is 1120 g/mol. The maximum Gasteiger partial charge on any atom is 0.249 e. The third kappa shape index (κ3) is 45.0. The SMILES string of the molecule is CCCCCCCCCCCCCCCCCCCCCCCCCC/C=C/CCCC(O)C(O)C(COC1OC(CO)C(O)C(O)C1O)NC(=O)C(O)CCCCCCCCCCCCCCCCCCCCCCCCC. The summed E-state index contributed by atoms with van der Waals surface area (Å²) in [6.45, 7) is 3.51. The minimum Gasteiger partial charge on any atom is -0.394 e. The fourth-order valence-corrected chi connectivity index (χ4v) is 11.5. The van der Waals surface area contributed by atoms with E-state index in [-0.39, 0.29) is 12.8 Å². The summed E-state index contributed by atoms with van der Waals surface area (Å²) < 4.78 is 11.2. The minimum absolute atomic E-state index is 0.260. The van der Waals surface area contributed by atoms with Crippen LogP contribution in [0.1, 0.15) is 348 Å². The Labute approximate surface area is 487 Å². The van der Waals surface area contributed by atoms with Gasteiger partial charge >= 0.3 is 0 Å². The molecule has 1 fully saturated rings. The van der Waals surface area contributed by atoms with E-state index >= 15 is 0 Å². The van der Waals surface area contributed by atoms with Gasteiger partial charge in [-0.15, -0.1) is 0 Å². The number of ether oxygens (including phenoxy) is 2. The predicted octanol–water partition coefficient (Wildman–Crippen LogP) is 16.3. The van der Waals surface area contributed by atoms with Gasteiger partial charge in [0.15, 0.2) is 6.29 Å². The van der Waals surface area contributed by atoms with Crippen molar-refractivity contribution in [1.29, 1.82) is 0 Å². The van der Waals surface area contributed by atoms with E-state index in [1.807, 2.05) is 0 Å². The number of allylic oxidation sites excluding steroid dienone is 2. The second-order valence-electron chi connectivity index (χ2n) is 24.6. The quantitative estimate of drug-likeness (QED) is 0.0215. The smallest absolute Gasteiger partial charge is 0.249 e. The van der Waals surface area contributed by atoms with Gasteiger partial charge in [0.2, 0.25) is 5.91 Å². The highest BCUT2D eigenvalue weighted by molar-refractivity contribution is 5.80. The largest absolute Gasteiger partial charge is 0.394 e. The predicted molar refractivity (Wildman–Crippen MR) is 330 cm³/mol.